The summed E-state index contributed by atoms with van der Waals surface area (Å²) < 4.78 is 0. The van der Waals surface area contributed by atoms with Gasteiger partial charge in [0.25, 0.3) is 0 Å². The highest BCUT2D eigenvalue weighted by Crippen LogP contribution is 2.65. The summed E-state index contributed by atoms with van der Waals surface area (Å²) in [7, 11) is 0. The van der Waals surface area contributed by atoms with Crippen molar-refractivity contribution < 1.29 is 0 Å². The Hall–Kier alpha value is -1.30. The van der Waals surface area contributed by atoms with Crippen LogP contribution in [0.3, 0.4) is 0 Å². The van der Waals surface area contributed by atoms with E-state index in [1.807, 2.05) is 18.1 Å². The Morgan fingerprint density at radius 2 is 1.94 bits per heavy atom. The quantitative estimate of drug-likeness (QED) is 0.233. The van der Waals surface area contributed by atoms with Crippen LogP contribution < -0.4 is 0 Å². The van der Waals surface area contributed by atoms with Gasteiger partial charge in [-0.2, -0.15) is 10.4 Å². The second-order valence-electron chi connectivity index (χ2n) is 12.3. The van der Waals surface area contributed by atoms with Crippen LogP contribution in [0.4, 0.5) is 0 Å². The predicted molar refractivity (Wildman–Crippen MR) is 134 cm³/mol. The molecule has 8 unspecified atom stereocenters. The van der Waals surface area contributed by atoms with Gasteiger partial charge in [-0.3, -0.25) is 5.01 Å². The van der Waals surface area contributed by atoms with Crippen LogP contribution >= 0.6 is 0 Å². The fraction of sp³-hybridized carbons (Fsp3) is 0.862. The molecule has 0 aromatic rings. The Bertz CT molecular complexity index is 735. The van der Waals surface area contributed by atoms with Crippen molar-refractivity contribution in [2.75, 3.05) is 6.54 Å². The smallest absolute Gasteiger partial charge is 0.0960 e. The van der Waals surface area contributed by atoms with Gasteiger partial charge < -0.3 is 0 Å². The zero-order chi connectivity index (χ0) is 22.9. The Morgan fingerprint density at radius 1 is 1.16 bits per heavy atom. The highest BCUT2D eigenvalue weighted by atomic mass is 15.4. The molecule has 0 amide bonds. The van der Waals surface area contributed by atoms with Crippen LogP contribution in [0.25, 0.3) is 0 Å². The first-order valence-corrected chi connectivity index (χ1v) is 13.7. The number of allylic oxidation sites excluding steroid dienone is 1. The molecule has 4 fully saturated rings. The maximum Gasteiger partial charge on any atom is 0.0960 e. The van der Waals surface area contributed by atoms with E-state index in [1.165, 1.54) is 64.2 Å². The molecule has 0 spiro atoms. The van der Waals surface area contributed by atoms with Crippen molar-refractivity contribution in [1.29, 1.82) is 5.26 Å². The molecule has 0 radical (unpaired) electrons. The largest absolute Gasteiger partial charge is 0.272 e. The van der Waals surface area contributed by atoms with Crippen molar-refractivity contribution in [2.45, 2.75) is 98.3 Å². The third kappa shape index (κ3) is 4.41. The summed E-state index contributed by atoms with van der Waals surface area (Å²) >= 11 is 0. The average molecular weight is 438 g/mol. The third-order valence-corrected chi connectivity index (χ3v) is 10.7. The Kier molecular flexibility index (Phi) is 7.38. The summed E-state index contributed by atoms with van der Waals surface area (Å²) in [5.74, 6) is 7.42. The predicted octanol–water partition coefficient (Wildman–Crippen LogP) is 7.65. The molecule has 4 aliphatic rings. The van der Waals surface area contributed by atoms with E-state index in [-0.39, 0.29) is 0 Å². The number of fused-ring (bicyclic) bond motifs is 5. The number of nitrogens with zero attached hydrogens (tertiary/aromatic N) is 3. The molecular weight excluding hydrogens is 390 g/mol. The van der Waals surface area contributed by atoms with Gasteiger partial charge in [-0.05, 0) is 111 Å². The van der Waals surface area contributed by atoms with E-state index in [0.29, 0.717) is 16.9 Å². The van der Waals surface area contributed by atoms with Gasteiger partial charge in [-0.15, -0.1) is 0 Å². The van der Waals surface area contributed by atoms with Gasteiger partial charge in [0.05, 0.1) is 6.07 Å². The molecule has 178 valence electrons. The van der Waals surface area contributed by atoms with E-state index < -0.39 is 0 Å². The normalized spacial score (nSPS) is 42.2. The molecule has 32 heavy (non-hydrogen) atoms. The summed E-state index contributed by atoms with van der Waals surface area (Å²) in [4.78, 5) is 0. The SMILES string of the molecule is C=NN(/C=C(\C)C#N)CC(C)[C@H]1CCC2C3CCC4CC(CCC)CCC4C3CCC21C. The molecule has 4 saturated carbocycles. The molecule has 4 rings (SSSR count). The minimum atomic E-state index is 0.494. The van der Waals surface area contributed by atoms with Crippen LogP contribution in [-0.2, 0) is 0 Å². The second-order valence-corrected chi connectivity index (χ2v) is 12.3. The number of hydrogen-bond acceptors (Lipinski definition) is 3. The fourth-order valence-electron chi connectivity index (χ4n) is 9.42. The van der Waals surface area contributed by atoms with Gasteiger partial charge >= 0.3 is 0 Å². The van der Waals surface area contributed by atoms with Crippen LogP contribution in [0.5, 0.6) is 0 Å². The highest BCUT2D eigenvalue weighted by Gasteiger charge is 2.57. The zero-order valence-corrected chi connectivity index (χ0v) is 21.2. The molecule has 9 atom stereocenters. The molecule has 0 aromatic heterocycles. The summed E-state index contributed by atoms with van der Waals surface area (Å²) in [5, 5.41) is 15.3. The van der Waals surface area contributed by atoms with E-state index >= 15 is 0 Å². The van der Waals surface area contributed by atoms with Gasteiger partial charge in [0.1, 0.15) is 0 Å². The van der Waals surface area contributed by atoms with Gasteiger partial charge in [-0.25, -0.2) is 0 Å². The molecule has 0 bridgehead atoms. The molecular formula is C29H47N3. The topological polar surface area (TPSA) is 39.4 Å². The minimum Gasteiger partial charge on any atom is -0.272 e. The van der Waals surface area contributed by atoms with E-state index in [9.17, 15) is 0 Å². The number of hydrazone groups is 1. The lowest BCUT2D eigenvalue weighted by atomic mass is 9.48. The molecule has 0 aliphatic heterocycles. The van der Waals surface area contributed by atoms with E-state index in [2.05, 4.69) is 38.7 Å². The highest BCUT2D eigenvalue weighted by molar-refractivity contribution is 5.24. The van der Waals surface area contributed by atoms with Crippen LogP contribution in [-0.4, -0.2) is 18.3 Å². The first kappa shape index (κ1) is 23.8. The maximum atomic E-state index is 9.15. The Balaban J connectivity index is 1.43. The van der Waals surface area contributed by atoms with Crippen molar-refractivity contribution in [3.8, 4) is 6.07 Å². The maximum absolute atomic E-state index is 9.15. The van der Waals surface area contributed by atoms with Gasteiger partial charge in [0.15, 0.2) is 0 Å². The van der Waals surface area contributed by atoms with Crippen molar-refractivity contribution in [3.63, 3.8) is 0 Å². The van der Waals surface area contributed by atoms with Crippen molar-refractivity contribution in [3.05, 3.63) is 11.8 Å². The number of hydrogen-bond donors (Lipinski definition) is 0. The monoisotopic (exact) mass is 437 g/mol. The first-order chi connectivity index (χ1) is 15.4. The first-order valence-electron chi connectivity index (χ1n) is 13.7. The average Bonchev–Trinajstić information content (AvgIpc) is 3.15. The standard InChI is InChI=1S/C29H47N3/c1-6-7-22-8-10-24-23(16-22)9-11-26-25(24)14-15-29(4)27(12-13-28(26)29)21(3)19-32(31-5)18-20(2)17-30/h18,21-28H,5-16,19H2,1-4H3/b20-18+/t21?,22?,23?,24?,25?,26?,27-,28?,29?/m1/s1. The summed E-state index contributed by atoms with van der Waals surface area (Å²) in [6.07, 6.45) is 18.1. The van der Waals surface area contributed by atoms with Crippen molar-refractivity contribution >= 4 is 6.72 Å². The Morgan fingerprint density at radius 3 is 2.66 bits per heavy atom. The lowest BCUT2D eigenvalue weighted by molar-refractivity contribution is -0.0749. The lowest BCUT2D eigenvalue weighted by Gasteiger charge is -2.57. The summed E-state index contributed by atoms with van der Waals surface area (Å²) in [6.45, 7) is 13.9. The third-order valence-electron chi connectivity index (χ3n) is 10.7. The molecule has 0 N–H and O–H groups in total. The summed E-state index contributed by atoms with van der Waals surface area (Å²) in [5.41, 5.74) is 1.19. The molecule has 3 nitrogen and oxygen atoms in total. The molecule has 0 saturated heterocycles. The minimum absolute atomic E-state index is 0.494. The second kappa shape index (κ2) is 9.90. The van der Waals surface area contributed by atoms with E-state index in [4.69, 9.17) is 5.26 Å². The van der Waals surface area contributed by atoms with Crippen molar-refractivity contribution in [2.24, 2.45) is 57.9 Å². The number of rotatable bonds is 7. The van der Waals surface area contributed by atoms with Crippen LogP contribution in [0.15, 0.2) is 16.9 Å². The lowest BCUT2D eigenvalue weighted by Crippen LogP contribution is -2.49. The van der Waals surface area contributed by atoms with E-state index in [1.54, 1.807) is 6.42 Å². The fourth-order valence-corrected chi connectivity index (χ4v) is 9.42. The van der Waals surface area contributed by atoms with Crippen molar-refractivity contribution in [1.82, 2.24) is 5.01 Å². The molecule has 4 aliphatic carbocycles. The molecule has 0 heterocycles. The van der Waals surface area contributed by atoms with Crippen LogP contribution in [0.1, 0.15) is 98.3 Å². The zero-order valence-electron chi connectivity index (χ0n) is 21.2. The molecule has 3 heteroatoms. The van der Waals surface area contributed by atoms with Crippen LogP contribution in [0.2, 0.25) is 0 Å². The Labute approximate surface area is 197 Å². The van der Waals surface area contributed by atoms with Gasteiger partial charge in [0.2, 0.25) is 0 Å². The van der Waals surface area contributed by atoms with Gasteiger partial charge in [0, 0.05) is 25.0 Å². The van der Waals surface area contributed by atoms with Gasteiger partial charge in [-0.1, -0.05) is 40.0 Å². The number of nitriles is 1. The van der Waals surface area contributed by atoms with Crippen LogP contribution in [0, 0.1) is 64.1 Å². The molecule has 0 aromatic carbocycles. The van der Waals surface area contributed by atoms with E-state index in [0.717, 1.165) is 48.0 Å². The summed E-state index contributed by atoms with van der Waals surface area (Å²) in [6, 6.07) is 2.22.